The molecule has 0 spiro atoms. The zero-order valence-electron chi connectivity index (χ0n) is 26.7. The molecule has 0 bridgehead atoms. The van der Waals surface area contributed by atoms with E-state index in [1.54, 1.807) is 43.3 Å². The summed E-state index contributed by atoms with van der Waals surface area (Å²) < 4.78 is 71.1. The van der Waals surface area contributed by atoms with Gasteiger partial charge in [-0.25, -0.2) is 8.42 Å². The fourth-order valence-electron chi connectivity index (χ4n) is 5.03. The van der Waals surface area contributed by atoms with Gasteiger partial charge >= 0.3 is 6.18 Å². The number of alkyl halides is 3. The summed E-state index contributed by atoms with van der Waals surface area (Å²) in [6.07, 6.45) is -4.03. The van der Waals surface area contributed by atoms with Crippen LogP contribution in [0.4, 0.5) is 18.9 Å². The predicted molar refractivity (Wildman–Crippen MR) is 184 cm³/mol. The van der Waals surface area contributed by atoms with Crippen molar-refractivity contribution in [3.8, 4) is 0 Å². The summed E-state index contributed by atoms with van der Waals surface area (Å²) in [7, 11) is -4.56. The van der Waals surface area contributed by atoms with Gasteiger partial charge in [0.15, 0.2) is 0 Å². The van der Waals surface area contributed by atoms with Gasteiger partial charge in [0.25, 0.3) is 10.0 Å². The van der Waals surface area contributed by atoms with Crippen molar-refractivity contribution in [3.63, 3.8) is 0 Å². The van der Waals surface area contributed by atoms with Gasteiger partial charge in [-0.2, -0.15) is 13.2 Å². The molecule has 12 heteroatoms. The number of carbonyl (C=O) groups excluding carboxylic acids is 2. The molecule has 2 atom stereocenters. The smallest absolute Gasteiger partial charge is 0.352 e. The third-order valence-electron chi connectivity index (χ3n) is 7.86. The molecule has 0 saturated carbocycles. The normalized spacial score (nSPS) is 13.0. The number of sulfonamides is 1. The molecule has 0 unspecified atom stereocenters. The van der Waals surface area contributed by atoms with Crippen LogP contribution in [-0.2, 0) is 38.8 Å². The molecule has 0 fully saturated rings. The minimum Gasteiger partial charge on any atom is -0.352 e. The molecule has 0 aliphatic rings. The van der Waals surface area contributed by atoms with Crippen LogP contribution in [0.15, 0.2) is 112 Å². The first-order valence-electron chi connectivity index (χ1n) is 15.3. The highest BCUT2D eigenvalue weighted by Crippen LogP contribution is 2.33. The minimum absolute atomic E-state index is 0.0787. The van der Waals surface area contributed by atoms with Crippen LogP contribution < -0.4 is 9.62 Å². The van der Waals surface area contributed by atoms with E-state index >= 15 is 0 Å². The number of hydrogen-bond donors (Lipinski definition) is 1. The van der Waals surface area contributed by atoms with Crippen molar-refractivity contribution >= 4 is 43.5 Å². The first-order chi connectivity index (χ1) is 22.7. The number of nitrogens with one attached hydrogen (secondary N) is 1. The Balaban J connectivity index is 1.85. The average Bonchev–Trinajstić information content (AvgIpc) is 3.05. The fourth-order valence-corrected chi connectivity index (χ4v) is 6.88. The molecule has 1 N–H and O–H groups in total. The van der Waals surface area contributed by atoms with Crippen LogP contribution in [0.1, 0.15) is 42.5 Å². The van der Waals surface area contributed by atoms with Crippen molar-refractivity contribution < 1.29 is 31.2 Å². The molecule has 0 saturated heterocycles. The Morgan fingerprint density at radius 2 is 1.52 bits per heavy atom. The van der Waals surface area contributed by atoms with Gasteiger partial charge in [-0.3, -0.25) is 13.9 Å². The number of anilines is 1. The number of hydrogen-bond acceptors (Lipinski definition) is 4. The van der Waals surface area contributed by atoms with Crippen LogP contribution in [0.3, 0.4) is 0 Å². The Hall–Kier alpha value is -4.16. The van der Waals surface area contributed by atoms with Crippen molar-refractivity contribution in [2.45, 2.75) is 63.3 Å². The van der Waals surface area contributed by atoms with Gasteiger partial charge in [0.1, 0.15) is 12.6 Å². The Labute approximate surface area is 287 Å². The summed E-state index contributed by atoms with van der Waals surface area (Å²) in [6, 6.07) is 24.5. The molecule has 0 heterocycles. The molecular weight excluding hydrogens is 707 g/mol. The van der Waals surface area contributed by atoms with E-state index in [0.717, 1.165) is 27.7 Å². The SMILES string of the molecule is CC[C@@H](C)NC(=O)[C@@H](Cc1ccccc1)N(Cc1cccc(Br)c1)C(=O)CN(c1cccc(C(F)(F)F)c1)S(=O)(=O)c1ccc(C)cc1. The number of halogens is 4. The van der Waals surface area contributed by atoms with Crippen molar-refractivity contribution in [1.82, 2.24) is 10.2 Å². The molecular formula is C36H37BrF3N3O4S. The Morgan fingerprint density at radius 1 is 0.875 bits per heavy atom. The summed E-state index contributed by atoms with van der Waals surface area (Å²) in [6.45, 7) is 4.56. The van der Waals surface area contributed by atoms with Gasteiger partial charge in [0.05, 0.1) is 16.1 Å². The van der Waals surface area contributed by atoms with E-state index in [9.17, 15) is 31.2 Å². The van der Waals surface area contributed by atoms with Gasteiger partial charge < -0.3 is 10.2 Å². The topological polar surface area (TPSA) is 86.8 Å². The Morgan fingerprint density at radius 3 is 2.15 bits per heavy atom. The Bertz CT molecular complexity index is 1820. The lowest BCUT2D eigenvalue weighted by Crippen LogP contribution is -2.54. The first kappa shape index (κ1) is 36.7. The number of benzene rings is 4. The highest BCUT2D eigenvalue weighted by Gasteiger charge is 2.36. The fraction of sp³-hybridized carbons (Fsp3) is 0.278. The van der Waals surface area contributed by atoms with Crippen molar-refractivity contribution in [3.05, 3.63) is 130 Å². The quantitative estimate of drug-likeness (QED) is 0.154. The highest BCUT2D eigenvalue weighted by atomic mass is 79.9. The monoisotopic (exact) mass is 743 g/mol. The second kappa shape index (κ2) is 15.8. The Kier molecular flexibility index (Phi) is 12.1. The van der Waals surface area contributed by atoms with Crippen molar-refractivity contribution in [1.29, 1.82) is 0 Å². The lowest BCUT2D eigenvalue weighted by atomic mass is 10.0. The summed E-state index contributed by atoms with van der Waals surface area (Å²) in [5.74, 6) is -1.22. The molecule has 0 aliphatic heterocycles. The first-order valence-corrected chi connectivity index (χ1v) is 17.6. The average molecular weight is 745 g/mol. The van der Waals surface area contributed by atoms with E-state index in [4.69, 9.17) is 0 Å². The molecule has 7 nitrogen and oxygen atoms in total. The maximum Gasteiger partial charge on any atom is 0.416 e. The molecule has 4 rings (SSSR count). The van der Waals surface area contributed by atoms with E-state index in [-0.39, 0.29) is 29.6 Å². The lowest BCUT2D eigenvalue weighted by molar-refractivity contribution is -0.140. The minimum atomic E-state index is -4.76. The van der Waals surface area contributed by atoms with E-state index < -0.39 is 46.2 Å². The third kappa shape index (κ3) is 9.47. The molecule has 4 aromatic carbocycles. The van der Waals surface area contributed by atoms with Crippen LogP contribution in [-0.4, -0.2) is 43.8 Å². The highest BCUT2D eigenvalue weighted by molar-refractivity contribution is 9.10. The maximum absolute atomic E-state index is 14.5. The number of amides is 2. The summed E-state index contributed by atoms with van der Waals surface area (Å²) in [5.41, 5.74) is 0.768. The molecule has 0 radical (unpaired) electrons. The molecule has 4 aromatic rings. The molecule has 0 aliphatic carbocycles. The van der Waals surface area contributed by atoms with Crippen molar-refractivity contribution in [2.24, 2.45) is 0 Å². The van der Waals surface area contributed by atoms with Gasteiger partial charge in [-0.1, -0.05) is 89.1 Å². The van der Waals surface area contributed by atoms with E-state index in [1.165, 1.54) is 23.1 Å². The van der Waals surface area contributed by atoms with Gasteiger partial charge in [-0.05, 0) is 73.9 Å². The van der Waals surface area contributed by atoms with Crippen molar-refractivity contribution in [2.75, 3.05) is 10.8 Å². The maximum atomic E-state index is 14.5. The van der Waals surface area contributed by atoms with Gasteiger partial charge in [-0.15, -0.1) is 0 Å². The molecule has 0 aromatic heterocycles. The van der Waals surface area contributed by atoms with Gasteiger partial charge in [0, 0.05) is 23.5 Å². The number of carbonyl (C=O) groups is 2. The lowest BCUT2D eigenvalue weighted by Gasteiger charge is -2.34. The molecule has 48 heavy (non-hydrogen) atoms. The summed E-state index contributed by atoms with van der Waals surface area (Å²) in [5, 5.41) is 2.95. The zero-order chi connectivity index (χ0) is 35.1. The second-order valence-electron chi connectivity index (χ2n) is 11.5. The summed E-state index contributed by atoms with van der Waals surface area (Å²) in [4.78, 5) is 29.5. The largest absolute Gasteiger partial charge is 0.416 e. The third-order valence-corrected chi connectivity index (χ3v) is 10.1. The van der Waals surface area contributed by atoms with Crippen LogP contribution in [0, 0.1) is 6.92 Å². The van der Waals surface area contributed by atoms with Gasteiger partial charge in [0.2, 0.25) is 11.8 Å². The number of nitrogens with zero attached hydrogens (tertiary/aromatic N) is 2. The number of aryl methyl sites for hydroxylation is 1. The zero-order valence-corrected chi connectivity index (χ0v) is 29.1. The standard InChI is InChI=1S/C36H37BrF3N3O4S/c1-4-26(3)41-35(45)33(21-27-10-6-5-7-11-27)42(23-28-12-8-14-30(37)20-28)34(44)24-43(31-15-9-13-29(22-31)36(38,39)40)48(46,47)32-18-16-25(2)17-19-32/h5-20,22,26,33H,4,21,23-24H2,1-3H3,(H,41,45)/t26-,33-/m1/s1. The predicted octanol–water partition coefficient (Wildman–Crippen LogP) is 7.53. The van der Waals surface area contributed by atoms with Crippen LogP contribution >= 0.6 is 15.9 Å². The van der Waals surface area contributed by atoms with Crippen LogP contribution in [0.2, 0.25) is 0 Å². The summed E-state index contributed by atoms with van der Waals surface area (Å²) >= 11 is 3.44. The molecule has 254 valence electrons. The van der Waals surface area contributed by atoms with E-state index in [0.29, 0.717) is 22.4 Å². The van der Waals surface area contributed by atoms with Crippen LogP contribution in [0.25, 0.3) is 0 Å². The second-order valence-corrected chi connectivity index (χ2v) is 14.3. The van der Waals surface area contributed by atoms with E-state index in [1.807, 2.05) is 44.2 Å². The van der Waals surface area contributed by atoms with E-state index in [2.05, 4.69) is 21.2 Å². The molecule has 2 amide bonds. The van der Waals surface area contributed by atoms with Crippen LogP contribution in [0.5, 0.6) is 0 Å². The number of rotatable bonds is 13.